The normalized spacial score (nSPS) is 16.7. The molecule has 1 atom stereocenters. The molecule has 0 bridgehead atoms. The smallest absolute Gasteiger partial charge is 0.139 e. The van der Waals surface area contributed by atoms with E-state index < -0.39 is 0 Å². The van der Waals surface area contributed by atoms with Gasteiger partial charge in [-0.1, -0.05) is 36.7 Å². The second-order valence-electron chi connectivity index (χ2n) is 6.52. The van der Waals surface area contributed by atoms with E-state index in [1.165, 1.54) is 0 Å². The molecule has 4 nitrogen and oxygen atoms in total. The van der Waals surface area contributed by atoms with Gasteiger partial charge in [0, 0.05) is 42.3 Å². The van der Waals surface area contributed by atoms with Crippen molar-refractivity contribution in [2.24, 2.45) is 5.41 Å². The molecule has 1 saturated heterocycles. The molecule has 2 N–H and O–H groups in total. The number of hydrogen-bond acceptors (Lipinski definition) is 4. The molecular weight excluding hydrogens is 401 g/mol. The van der Waals surface area contributed by atoms with Gasteiger partial charge in [-0.05, 0) is 17.5 Å². The van der Waals surface area contributed by atoms with Crippen LogP contribution in [0.5, 0.6) is 5.75 Å². The average Bonchev–Trinajstić information content (AvgIpc) is 2.43. The molecule has 130 valence electrons. The Hall–Kier alpha value is -0.510. The zero-order valence-corrected chi connectivity index (χ0v) is 16.8. The quantitative estimate of drug-likeness (QED) is 0.756. The molecule has 23 heavy (non-hydrogen) atoms. The Balaban J connectivity index is 0.00000242. The number of nitriles is 1. The molecule has 7 heteroatoms. The Morgan fingerprint density at radius 3 is 2.30 bits per heavy atom. The summed E-state index contributed by atoms with van der Waals surface area (Å²) in [6.07, 6.45) is 0. The maximum Gasteiger partial charge on any atom is 0.139 e. The number of benzene rings is 1. The molecule has 0 amide bonds. The summed E-state index contributed by atoms with van der Waals surface area (Å²) in [6.45, 7) is 10.3. The van der Waals surface area contributed by atoms with Gasteiger partial charge in [0.25, 0.3) is 0 Å². The second kappa shape index (κ2) is 9.10. The van der Waals surface area contributed by atoms with E-state index >= 15 is 0 Å². The molecule has 0 radical (unpaired) electrons. The fourth-order valence-electron chi connectivity index (χ4n) is 3.04. The van der Waals surface area contributed by atoms with Crippen molar-refractivity contribution in [3.05, 3.63) is 27.7 Å². The van der Waals surface area contributed by atoms with Gasteiger partial charge in [0.05, 0.1) is 5.56 Å². The minimum Gasteiger partial charge on any atom is -0.506 e. The Kier molecular flexibility index (Phi) is 8.90. The second-order valence-corrected chi connectivity index (χ2v) is 7.38. The predicted molar refractivity (Wildman–Crippen MR) is 102 cm³/mol. The maximum atomic E-state index is 10.5. The molecule has 0 aliphatic carbocycles. The van der Waals surface area contributed by atoms with Gasteiger partial charge in [-0.25, -0.2) is 0 Å². The number of aromatic hydroxyl groups is 1. The molecule has 0 aromatic heterocycles. The molecule has 1 aliphatic rings. The fraction of sp³-hybridized carbons (Fsp3) is 0.562. The van der Waals surface area contributed by atoms with Crippen molar-refractivity contribution < 1.29 is 5.11 Å². The topological polar surface area (TPSA) is 59.3 Å². The van der Waals surface area contributed by atoms with Crippen LogP contribution in [0.25, 0.3) is 0 Å². The first kappa shape index (κ1) is 22.5. The van der Waals surface area contributed by atoms with Crippen LogP contribution in [0, 0.1) is 16.7 Å². The molecule has 1 aromatic rings. The van der Waals surface area contributed by atoms with E-state index in [1.807, 2.05) is 6.07 Å². The molecule has 2 rings (SSSR count). The van der Waals surface area contributed by atoms with Crippen molar-refractivity contribution >= 4 is 40.7 Å². The van der Waals surface area contributed by atoms with Gasteiger partial charge < -0.3 is 10.4 Å². The third kappa shape index (κ3) is 4.98. The summed E-state index contributed by atoms with van der Waals surface area (Å²) >= 11 is 3.56. The van der Waals surface area contributed by atoms with E-state index in [9.17, 15) is 10.4 Å². The Morgan fingerprint density at radius 2 is 1.83 bits per heavy atom. The highest BCUT2D eigenvalue weighted by Crippen LogP contribution is 2.45. The zero-order valence-electron chi connectivity index (χ0n) is 13.6. The van der Waals surface area contributed by atoms with Gasteiger partial charge >= 0.3 is 0 Å². The van der Waals surface area contributed by atoms with Crippen molar-refractivity contribution in [3.8, 4) is 11.8 Å². The highest BCUT2D eigenvalue weighted by Gasteiger charge is 2.36. The first-order valence-corrected chi connectivity index (χ1v) is 8.01. The highest BCUT2D eigenvalue weighted by molar-refractivity contribution is 9.10. The monoisotopic (exact) mass is 423 g/mol. The molecule has 1 aliphatic heterocycles. The molecule has 0 unspecified atom stereocenters. The van der Waals surface area contributed by atoms with E-state index in [4.69, 9.17) is 0 Å². The number of phenols is 1. The Bertz CT molecular complexity index is 564. The minimum absolute atomic E-state index is 0. The largest absolute Gasteiger partial charge is 0.506 e. The lowest BCUT2D eigenvalue weighted by molar-refractivity contribution is 0.0837. The van der Waals surface area contributed by atoms with E-state index in [0.29, 0.717) is 5.56 Å². The summed E-state index contributed by atoms with van der Waals surface area (Å²) in [7, 11) is 0. The van der Waals surface area contributed by atoms with Crippen molar-refractivity contribution in [1.29, 1.82) is 5.26 Å². The van der Waals surface area contributed by atoms with Crippen molar-refractivity contribution in [2.45, 2.75) is 26.8 Å². The van der Waals surface area contributed by atoms with E-state index in [1.54, 1.807) is 6.07 Å². The summed E-state index contributed by atoms with van der Waals surface area (Å²) < 4.78 is 0.859. The lowest BCUT2D eigenvalue weighted by atomic mass is 9.80. The molecule has 1 aromatic carbocycles. The first-order valence-electron chi connectivity index (χ1n) is 7.22. The summed E-state index contributed by atoms with van der Waals surface area (Å²) in [5, 5.41) is 23.1. The third-order valence-corrected chi connectivity index (χ3v) is 4.59. The van der Waals surface area contributed by atoms with Crippen LogP contribution < -0.4 is 5.32 Å². The number of hydrogen-bond donors (Lipinski definition) is 2. The summed E-state index contributed by atoms with van der Waals surface area (Å²) in [6, 6.07) is 5.64. The molecule has 1 fully saturated rings. The van der Waals surface area contributed by atoms with Crippen LogP contribution in [0.2, 0.25) is 0 Å². The van der Waals surface area contributed by atoms with Gasteiger partial charge in [-0.15, -0.1) is 24.8 Å². The van der Waals surface area contributed by atoms with Gasteiger partial charge in [0.1, 0.15) is 11.8 Å². The average molecular weight is 425 g/mol. The molecule has 0 spiro atoms. The van der Waals surface area contributed by atoms with Crippen LogP contribution in [-0.2, 0) is 0 Å². The SMILES string of the molecule is CC(C)(C)[C@H](c1c(Br)ccc(C#N)c1O)N1CCNCC1.Cl.Cl. The number of nitrogens with one attached hydrogen (secondary N) is 1. The molecular formula is C16H24BrCl2N3O. The van der Waals surface area contributed by atoms with Crippen molar-refractivity contribution in [2.75, 3.05) is 26.2 Å². The summed E-state index contributed by atoms with van der Waals surface area (Å²) in [5.74, 6) is 0.102. The van der Waals surface area contributed by atoms with Crippen LogP contribution in [0.1, 0.15) is 37.9 Å². The molecule has 0 saturated carbocycles. The van der Waals surface area contributed by atoms with Gasteiger partial charge in [0.15, 0.2) is 0 Å². The van der Waals surface area contributed by atoms with Gasteiger partial charge in [-0.3, -0.25) is 4.90 Å². The number of rotatable bonds is 2. The van der Waals surface area contributed by atoms with Gasteiger partial charge in [0.2, 0.25) is 0 Å². The summed E-state index contributed by atoms with van der Waals surface area (Å²) in [5.41, 5.74) is 1.10. The zero-order chi connectivity index (χ0) is 15.6. The maximum absolute atomic E-state index is 10.5. The van der Waals surface area contributed by atoms with Crippen LogP contribution in [-0.4, -0.2) is 36.2 Å². The first-order chi connectivity index (χ1) is 9.86. The van der Waals surface area contributed by atoms with Crippen LogP contribution in [0.4, 0.5) is 0 Å². The lowest BCUT2D eigenvalue weighted by Gasteiger charge is -2.43. The van der Waals surface area contributed by atoms with Crippen molar-refractivity contribution in [3.63, 3.8) is 0 Å². The predicted octanol–water partition coefficient (Wildman–Crippen LogP) is 3.86. The highest BCUT2D eigenvalue weighted by atomic mass is 79.9. The van der Waals surface area contributed by atoms with Crippen LogP contribution in [0.3, 0.4) is 0 Å². The lowest BCUT2D eigenvalue weighted by Crippen LogP contribution is -2.48. The number of nitrogens with zero attached hydrogens (tertiary/aromatic N) is 2. The van der Waals surface area contributed by atoms with Crippen LogP contribution in [0.15, 0.2) is 16.6 Å². The minimum atomic E-state index is -0.0502. The van der Waals surface area contributed by atoms with E-state index in [2.05, 4.69) is 53.0 Å². The van der Waals surface area contributed by atoms with Crippen LogP contribution >= 0.6 is 40.7 Å². The summed E-state index contributed by atoms with van der Waals surface area (Å²) in [4.78, 5) is 2.39. The third-order valence-electron chi connectivity index (χ3n) is 3.89. The van der Waals surface area contributed by atoms with E-state index in [0.717, 1.165) is 36.2 Å². The van der Waals surface area contributed by atoms with Gasteiger partial charge in [-0.2, -0.15) is 5.26 Å². The van der Waals surface area contributed by atoms with E-state index in [-0.39, 0.29) is 42.0 Å². The Labute approximate surface area is 159 Å². The van der Waals surface area contributed by atoms with Crippen molar-refractivity contribution in [1.82, 2.24) is 10.2 Å². The number of halogens is 3. The fourth-order valence-corrected chi connectivity index (χ4v) is 3.57. The number of phenolic OH excluding ortho intramolecular Hbond substituents is 1. The Morgan fingerprint density at radius 1 is 1.26 bits per heavy atom. The molecule has 1 heterocycles. The standard InChI is InChI=1S/C16H22BrN3O.2ClH/c1-16(2,3)15(20-8-6-19-7-9-20)13-12(17)5-4-11(10-18)14(13)21;;/h4-5,15,19,21H,6-9H2,1-3H3;2*1H/t15-;;/m0../s1. The number of piperazine rings is 1.